The van der Waals surface area contributed by atoms with Crippen molar-refractivity contribution >= 4 is 12.0 Å². The molecule has 1 aromatic carbocycles. The smallest absolute Gasteiger partial charge is 0.296 e. The van der Waals surface area contributed by atoms with Crippen molar-refractivity contribution < 1.29 is 23.2 Å². The van der Waals surface area contributed by atoms with E-state index in [0.717, 1.165) is 35.3 Å². The number of likely N-dealkylation sites (tertiary alicyclic amines) is 1. The number of tetrazole rings is 1. The lowest BCUT2D eigenvalue weighted by atomic mass is 10.0. The largest absolute Gasteiger partial charge is 0.390 e. The number of carbonyl (C=O) groups is 1. The molecule has 1 atom stereocenters. The third-order valence-electron chi connectivity index (χ3n) is 4.93. The van der Waals surface area contributed by atoms with Crippen LogP contribution in [0.25, 0.3) is 6.08 Å². The van der Waals surface area contributed by atoms with Crippen LogP contribution in [0.2, 0.25) is 0 Å². The van der Waals surface area contributed by atoms with Crippen LogP contribution in [0, 0.1) is 0 Å². The second-order valence-corrected chi connectivity index (χ2v) is 7.09. The summed E-state index contributed by atoms with van der Waals surface area (Å²) in [6, 6.07) is 8.06. The maximum Gasteiger partial charge on any atom is 0.390 e. The van der Waals surface area contributed by atoms with Crippen molar-refractivity contribution in [2.24, 2.45) is 0 Å². The molecule has 1 unspecified atom stereocenters. The molecule has 1 fully saturated rings. The van der Waals surface area contributed by atoms with Gasteiger partial charge in [-0.15, -0.1) is 10.2 Å². The molecular weight excluding hydrogens is 401 g/mol. The van der Waals surface area contributed by atoms with E-state index in [9.17, 15) is 18.0 Å². The molecule has 1 saturated heterocycles. The molecule has 0 spiro atoms. The van der Waals surface area contributed by atoms with E-state index in [-0.39, 0.29) is 12.6 Å². The van der Waals surface area contributed by atoms with E-state index >= 15 is 0 Å². The van der Waals surface area contributed by atoms with Crippen LogP contribution in [0.4, 0.5) is 13.2 Å². The van der Waals surface area contributed by atoms with Crippen molar-refractivity contribution in [2.75, 3.05) is 13.1 Å². The molecule has 11 heteroatoms. The highest BCUT2D eigenvalue weighted by atomic mass is 19.4. The molecule has 2 heterocycles. The first-order valence-corrected chi connectivity index (χ1v) is 9.63. The van der Waals surface area contributed by atoms with Gasteiger partial charge in [0.05, 0.1) is 13.0 Å². The molecule has 3 rings (SSSR count). The minimum absolute atomic E-state index is 0.240. The van der Waals surface area contributed by atoms with E-state index in [0.29, 0.717) is 18.8 Å². The Morgan fingerprint density at radius 3 is 2.73 bits per heavy atom. The minimum Gasteiger partial charge on any atom is -0.296 e. The molecular formula is C19H23F3N6O2. The van der Waals surface area contributed by atoms with Crippen molar-refractivity contribution in [1.29, 1.82) is 0 Å². The Kier molecular flexibility index (Phi) is 7.16. The average Bonchev–Trinajstić information content (AvgIpc) is 3.38. The number of hydrogen-bond acceptors (Lipinski definition) is 6. The van der Waals surface area contributed by atoms with Gasteiger partial charge in [-0.2, -0.15) is 18.0 Å². The number of amides is 1. The Hall–Kier alpha value is -2.79. The van der Waals surface area contributed by atoms with E-state index in [1.165, 1.54) is 6.08 Å². The normalized spacial score (nSPS) is 17.7. The maximum atomic E-state index is 12.3. The molecule has 1 aliphatic heterocycles. The van der Waals surface area contributed by atoms with E-state index in [1.54, 1.807) is 11.6 Å². The van der Waals surface area contributed by atoms with Gasteiger partial charge >= 0.3 is 6.18 Å². The van der Waals surface area contributed by atoms with Crippen LogP contribution in [0.1, 0.15) is 42.3 Å². The summed E-state index contributed by atoms with van der Waals surface area (Å²) in [5, 5.41) is 20.1. The first kappa shape index (κ1) is 21.9. The second kappa shape index (κ2) is 9.81. The fourth-order valence-corrected chi connectivity index (χ4v) is 3.45. The highest BCUT2D eigenvalue weighted by Crippen LogP contribution is 2.32. The molecule has 1 aliphatic rings. The van der Waals surface area contributed by atoms with E-state index in [1.807, 2.05) is 24.3 Å². The summed E-state index contributed by atoms with van der Waals surface area (Å²) in [5.41, 5.74) is 3.53. The Labute approximate surface area is 171 Å². The van der Waals surface area contributed by atoms with Crippen molar-refractivity contribution in [3.63, 3.8) is 0 Å². The van der Waals surface area contributed by atoms with Crippen LogP contribution in [0.5, 0.6) is 0 Å². The van der Waals surface area contributed by atoms with Gasteiger partial charge < -0.3 is 0 Å². The number of hydrogen-bond donors (Lipinski definition) is 2. The summed E-state index contributed by atoms with van der Waals surface area (Å²) in [5.74, 6) is -0.157. The minimum atomic E-state index is -4.24. The van der Waals surface area contributed by atoms with Gasteiger partial charge in [0.15, 0.2) is 5.82 Å². The number of aromatic nitrogens is 4. The molecule has 8 nitrogen and oxygen atoms in total. The standard InChI is InChI=1S/C19H23F3N6O2/c20-19(21,22)10-13-28-24-17(23-26-28)9-12-27-11-1-2-16(27)15-6-3-14(4-7-15)5-8-18(29)25-30/h3-8,16,30H,1-2,9-13H2,(H,25,29)/b8-5+. The Morgan fingerprint density at radius 1 is 1.27 bits per heavy atom. The number of rotatable bonds is 8. The van der Waals surface area contributed by atoms with Crippen LogP contribution >= 0.6 is 0 Å². The fourth-order valence-electron chi connectivity index (χ4n) is 3.45. The van der Waals surface area contributed by atoms with E-state index in [4.69, 9.17) is 5.21 Å². The summed E-state index contributed by atoms with van der Waals surface area (Å²) in [6.07, 6.45) is 0.198. The Morgan fingerprint density at radius 2 is 2.03 bits per heavy atom. The number of carbonyl (C=O) groups excluding carboxylic acids is 1. The van der Waals surface area contributed by atoms with Crippen molar-refractivity contribution in [1.82, 2.24) is 30.6 Å². The number of nitrogens with zero attached hydrogens (tertiary/aromatic N) is 5. The molecule has 30 heavy (non-hydrogen) atoms. The molecule has 0 saturated carbocycles. The quantitative estimate of drug-likeness (QED) is 0.384. The molecule has 1 aromatic heterocycles. The lowest BCUT2D eigenvalue weighted by Crippen LogP contribution is -2.26. The Balaban J connectivity index is 1.54. The lowest BCUT2D eigenvalue weighted by molar-refractivity contribution is -0.137. The number of nitrogens with one attached hydrogen (secondary N) is 1. The van der Waals surface area contributed by atoms with Crippen LogP contribution in [0.15, 0.2) is 30.3 Å². The predicted molar refractivity (Wildman–Crippen MR) is 101 cm³/mol. The van der Waals surface area contributed by atoms with Gasteiger partial charge in [-0.25, -0.2) is 5.48 Å². The predicted octanol–water partition coefficient (Wildman–Crippen LogP) is 2.52. The molecule has 2 N–H and O–H groups in total. The van der Waals surface area contributed by atoms with Gasteiger partial charge in [0.2, 0.25) is 0 Å². The SMILES string of the molecule is O=C(/C=C/c1ccc(C2CCCN2CCc2nnn(CCC(F)(F)F)n2)cc1)NO. The summed E-state index contributed by atoms with van der Waals surface area (Å²) < 4.78 is 36.9. The van der Waals surface area contributed by atoms with Crippen LogP contribution in [-0.4, -0.2) is 55.5 Å². The fraction of sp³-hybridized carbons (Fsp3) is 0.474. The number of hydroxylamine groups is 1. The van der Waals surface area contributed by atoms with Crippen LogP contribution < -0.4 is 5.48 Å². The van der Waals surface area contributed by atoms with Crippen LogP contribution in [0.3, 0.4) is 0 Å². The molecule has 0 aliphatic carbocycles. The first-order chi connectivity index (χ1) is 14.3. The molecule has 2 aromatic rings. The number of alkyl halides is 3. The number of halogens is 3. The molecule has 162 valence electrons. The van der Waals surface area contributed by atoms with Crippen LogP contribution in [-0.2, 0) is 17.8 Å². The number of aryl methyl sites for hydroxylation is 1. The first-order valence-electron chi connectivity index (χ1n) is 9.63. The van der Waals surface area contributed by atoms with E-state index in [2.05, 4.69) is 20.3 Å². The van der Waals surface area contributed by atoms with Gasteiger partial charge in [-0.05, 0) is 41.8 Å². The van der Waals surface area contributed by atoms with Gasteiger partial charge in [0.1, 0.15) is 0 Å². The summed E-state index contributed by atoms with van der Waals surface area (Å²) in [6.45, 7) is 1.28. The monoisotopic (exact) mass is 424 g/mol. The molecule has 0 bridgehead atoms. The topological polar surface area (TPSA) is 96.2 Å². The molecule has 1 amide bonds. The van der Waals surface area contributed by atoms with Crippen molar-refractivity contribution in [2.45, 2.75) is 44.4 Å². The second-order valence-electron chi connectivity index (χ2n) is 7.09. The highest BCUT2D eigenvalue weighted by Gasteiger charge is 2.28. The van der Waals surface area contributed by atoms with Crippen molar-refractivity contribution in [3.05, 3.63) is 47.3 Å². The number of benzene rings is 1. The zero-order chi connectivity index (χ0) is 21.6. The summed E-state index contributed by atoms with van der Waals surface area (Å²) in [7, 11) is 0. The molecule has 0 radical (unpaired) electrons. The highest BCUT2D eigenvalue weighted by molar-refractivity contribution is 5.90. The van der Waals surface area contributed by atoms with Gasteiger partial charge in [0.25, 0.3) is 5.91 Å². The summed E-state index contributed by atoms with van der Waals surface area (Å²) in [4.78, 5) is 14.4. The third kappa shape index (κ3) is 6.36. The Bertz CT molecular complexity index is 866. The zero-order valence-electron chi connectivity index (χ0n) is 16.2. The van der Waals surface area contributed by atoms with Gasteiger partial charge in [-0.3, -0.25) is 14.9 Å². The van der Waals surface area contributed by atoms with Gasteiger partial charge in [-0.1, -0.05) is 24.3 Å². The lowest BCUT2D eigenvalue weighted by Gasteiger charge is -2.24. The summed E-state index contributed by atoms with van der Waals surface area (Å²) >= 11 is 0. The van der Waals surface area contributed by atoms with Gasteiger partial charge in [0, 0.05) is 25.1 Å². The van der Waals surface area contributed by atoms with E-state index < -0.39 is 18.5 Å². The third-order valence-corrected chi connectivity index (χ3v) is 4.93. The average molecular weight is 424 g/mol. The maximum absolute atomic E-state index is 12.3. The zero-order valence-corrected chi connectivity index (χ0v) is 16.2. The van der Waals surface area contributed by atoms with Crippen molar-refractivity contribution in [3.8, 4) is 0 Å².